The summed E-state index contributed by atoms with van der Waals surface area (Å²) < 4.78 is 13.5. The van der Waals surface area contributed by atoms with Crippen LogP contribution in [0.1, 0.15) is 31.2 Å². The summed E-state index contributed by atoms with van der Waals surface area (Å²) in [6, 6.07) is 9.96. The summed E-state index contributed by atoms with van der Waals surface area (Å²) in [5.74, 6) is 0. The molecule has 92 valence electrons. The largest absolute Gasteiger partial charge is 0.247 e. The SMILES string of the molecule is [N-]=[N+]=NCCCC[C@H](F)CCc1ccccc1. The number of benzene rings is 1. The Hall–Kier alpha value is -1.54. The Kier molecular flexibility index (Phi) is 6.84. The number of alkyl halides is 1. The van der Waals surface area contributed by atoms with Crippen molar-refractivity contribution in [3.63, 3.8) is 0 Å². The summed E-state index contributed by atoms with van der Waals surface area (Å²) in [6.07, 6.45) is 2.74. The first kappa shape index (κ1) is 13.5. The van der Waals surface area contributed by atoms with Gasteiger partial charge in [-0.15, -0.1) is 0 Å². The topological polar surface area (TPSA) is 48.8 Å². The molecule has 1 aromatic carbocycles. The van der Waals surface area contributed by atoms with Gasteiger partial charge < -0.3 is 0 Å². The van der Waals surface area contributed by atoms with Crippen LogP contribution >= 0.6 is 0 Å². The Morgan fingerprint density at radius 2 is 1.94 bits per heavy atom. The summed E-state index contributed by atoms with van der Waals surface area (Å²) in [6.45, 7) is 0.474. The molecule has 0 unspecified atom stereocenters. The van der Waals surface area contributed by atoms with E-state index in [9.17, 15) is 4.39 Å². The van der Waals surface area contributed by atoms with Crippen LogP contribution in [0.5, 0.6) is 0 Å². The predicted molar refractivity (Wildman–Crippen MR) is 67.5 cm³/mol. The number of halogens is 1. The van der Waals surface area contributed by atoms with E-state index in [0.29, 0.717) is 19.4 Å². The minimum atomic E-state index is -0.749. The second-order valence-corrected chi connectivity index (χ2v) is 4.07. The van der Waals surface area contributed by atoms with Gasteiger partial charge in [-0.2, -0.15) is 0 Å². The van der Waals surface area contributed by atoms with Crippen LogP contribution in [0.15, 0.2) is 35.4 Å². The van der Waals surface area contributed by atoms with Crippen LogP contribution in [0.25, 0.3) is 10.4 Å². The van der Waals surface area contributed by atoms with E-state index in [1.165, 1.54) is 5.56 Å². The zero-order valence-corrected chi connectivity index (χ0v) is 9.93. The lowest BCUT2D eigenvalue weighted by atomic mass is 10.0. The Labute approximate surface area is 101 Å². The fourth-order valence-corrected chi connectivity index (χ4v) is 1.71. The van der Waals surface area contributed by atoms with Crippen LogP contribution < -0.4 is 0 Å². The van der Waals surface area contributed by atoms with Crippen LogP contribution in [0.4, 0.5) is 4.39 Å². The van der Waals surface area contributed by atoms with Gasteiger partial charge in [0.1, 0.15) is 6.17 Å². The molecule has 0 heterocycles. The zero-order chi connectivity index (χ0) is 12.3. The number of hydrogen-bond acceptors (Lipinski definition) is 1. The van der Waals surface area contributed by atoms with Crippen LogP contribution in [-0.2, 0) is 6.42 Å². The highest BCUT2D eigenvalue weighted by atomic mass is 19.1. The highest BCUT2D eigenvalue weighted by molar-refractivity contribution is 5.14. The molecule has 1 atom stereocenters. The van der Waals surface area contributed by atoms with E-state index in [2.05, 4.69) is 10.0 Å². The number of aryl methyl sites for hydroxylation is 1. The molecule has 17 heavy (non-hydrogen) atoms. The van der Waals surface area contributed by atoms with E-state index in [1.54, 1.807) is 0 Å². The Morgan fingerprint density at radius 1 is 1.18 bits per heavy atom. The maximum atomic E-state index is 13.5. The third kappa shape index (κ3) is 6.59. The number of azide groups is 1. The Morgan fingerprint density at radius 3 is 2.65 bits per heavy atom. The smallest absolute Gasteiger partial charge is 0.100 e. The van der Waals surface area contributed by atoms with Crippen molar-refractivity contribution >= 4 is 0 Å². The molecular weight excluding hydrogens is 217 g/mol. The number of unbranched alkanes of at least 4 members (excludes halogenated alkanes) is 1. The van der Waals surface area contributed by atoms with E-state index in [0.717, 1.165) is 19.3 Å². The first-order valence-corrected chi connectivity index (χ1v) is 6.02. The molecule has 1 rings (SSSR count). The van der Waals surface area contributed by atoms with Crippen molar-refractivity contribution in [2.75, 3.05) is 6.54 Å². The maximum Gasteiger partial charge on any atom is 0.100 e. The van der Waals surface area contributed by atoms with Crippen LogP contribution in [0.3, 0.4) is 0 Å². The molecule has 0 aromatic heterocycles. The summed E-state index contributed by atoms with van der Waals surface area (Å²) in [4.78, 5) is 2.66. The number of rotatable bonds is 8. The summed E-state index contributed by atoms with van der Waals surface area (Å²) in [7, 11) is 0. The molecule has 0 N–H and O–H groups in total. The second-order valence-electron chi connectivity index (χ2n) is 4.07. The summed E-state index contributed by atoms with van der Waals surface area (Å²) >= 11 is 0. The van der Waals surface area contributed by atoms with Gasteiger partial charge in [0.25, 0.3) is 0 Å². The van der Waals surface area contributed by atoms with E-state index in [4.69, 9.17) is 5.53 Å². The fourth-order valence-electron chi connectivity index (χ4n) is 1.71. The average molecular weight is 235 g/mol. The average Bonchev–Trinajstić information content (AvgIpc) is 2.37. The first-order valence-electron chi connectivity index (χ1n) is 6.02. The molecule has 0 amide bonds. The lowest BCUT2D eigenvalue weighted by Crippen LogP contribution is -2.02. The maximum absolute atomic E-state index is 13.5. The van der Waals surface area contributed by atoms with Gasteiger partial charge in [0.2, 0.25) is 0 Å². The van der Waals surface area contributed by atoms with E-state index in [-0.39, 0.29) is 0 Å². The monoisotopic (exact) mass is 235 g/mol. The lowest BCUT2D eigenvalue weighted by molar-refractivity contribution is 0.289. The van der Waals surface area contributed by atoms with Crippen molar-refractivity contribution in [3.8, 4) is 0 Å². The molecule has 0 fully saturated rings. The molecule has 0 radical (unpaired) electrons. The molecule has 0 aliphatic carbocycles. The van der Waals surface area contributed by atoms with Crippen molar-refractivity contribution in [2.45, 2.75) is 38.3 Å². The van der Waals surface area contributed by atoms with Gasteiger partial charge in [-0.05, 0) is 36.8 Å². The molecule has 4 heteroatoms. The Bertz CT molecular complexity index is 347. The highest BCUT2D eigenvalue weighted by Crippen LogP contribution is 2.12. The molecule has 3 nitrogen and oxygen atoms in total. The lowest BCUT2D eigenvalue weighted by Gasteiger charge is -2.07. The van der Waals surface area contributed by atoms with Crippen molar-refractivity contribution in [3.05, 3.63) is 46.3 Å². The number of nitrogens with zero attached hydrogens (tertiary/aromatic N) is 3. The fraction of sp³-hybridized carbons (Fsp3) is 0.538. The van der Waals surface area contributed by atoms with Gasteiger partial charge in [-0.25, -0.2) is 4.39 Å². The zero-order valence-electron chi connectivity index (χ0n) is 9.93. The van der Waals surface area contributed by atoms with Gasteiger partial charge in [0.05, 0.1) is 0 Å². The van der Waals surface area contributed by atoms with E-state index < -0.39 is 6.17 Å². The van der Waals surface area contributed by atoms with Gasteiger partial charge in [-0.1, -0.05) is 41.9 Å². The predicted octanol–water partition coefficient (Wildman–Crippen LogP) is 4.44. The van der Waals surface area contributed by atoms with Gasteiger partial charge in [-0.3, -0.25) is 0 Å². The summed E-state index contributed by atoms with van der Waals surface area (Å²) in [5, 5.41) is 3.42. The van der Waals surface area contributed by atoms with Gasteiger partial charge in [0.15, 0.2) is 0 Å². The molecular formula is C13H18FN3. The van der Waals surface area contributed by atoms with Gasteiger partial charge in [0, 0.05) is 11.5 Å². The highest BCUT2D eigenvalue weighted by Gasteiger charge is 2.06. The van der Waals surface area contributed by atoms with Crippen LogP contribution in [0.2, 0.25) is 0 Å². The molecule has 0 aliphatic heterocycles. The first-order chi connectivity index (χ1) is 8.33. The Balaban J connectivity index is 2.09. The second kappa shape index (κ2) is 8.59. The van der Waals surface area contributed by atoms with Gasteiger partial charge >= 0.3 is 0 Å². The van der Waals surface area contributed by atoms with Crippen molar-refractivity contribution in [2.24, 2.45) is 5.11 Å². The van der Waals surface area contributed by atoms with Crippen LogP contribution in [0, 0.1) is 0 Å². The van der Waals surface area contributed by atoms with Crippen molar-refractivity contribution < 1.29 is 4.39 Å². The molecule has 1 aromatic rings. The van der Waals surface area contributed by atoms with Crippen molar-refractivity contribution in [1.82, 2.24) is 0 Å². The summed E-state index contributed by atoms with van der Waals surface area (Å²) in [5.41, 5.74) is 9.25. The van der Waals surface area contributed by atoms with E-state index >= 15 is 0 Å². The minimum absolute atomic E-state index is 0.474. The molecule has 0 spiro atoms. The normalized spacial score (nSPS) is 11.8. The molecule has 0 aliphatic rings. The minimum Gasteiger partial charge on any atom is -0.247 e. The molecule has 0 saturated carbocycles. The molecule has 0 bridgehead atoms. The number of hydrogen-bond donors (Lipinski definition) is 0. The standard InChI is InChI=1S/C13H18FN3/c14-13(8-4-5-11-16-17-15)10-9-12-6-2-1-3-7-12/h1-3,6-7,13H,4-5,8-11H2/t13-/m0/s1. The van der Waals surface area contributed by atoms with E-state index in [1.807, 2.05) is 30.3 Å². The molecule has 0 saturated heterocycles. The quantitative estimate of drug-likeness (QED) is 0.277. The third-order valence-electron chi connectivity index (χ3n) is 2.68. The van der Waals surface area contributed by atoms with Crippen molar-refractivity contribution in [1.29, 1.82) is 0 Å². The third-order valence-corrected chi connectivity index (χ3v) is 2.68. The van der Waals surface area contributed by atoms with Crippen LogP contribution in [-0.4, -0.2) is 12.7 Å².